The number of anilines is 1. The molecule has 0 amide bonds. The Balaban J connectivity index is 2.19. The van der Waals surface area contributed by atoms with E-state index in [-0.39, 0.29) is 5.95 Å². The zero-order valence-electron chi connectivity index (χ0n) is 9.51. The van der Waals surface area contributed by atoms with E-state index >= 15 is 0 Å². The van der Waals surface area contributed by atoms with E-state index in [9.17, 15) is 0 Å². The minimum atomic E-state index is 0.217. The predicted molar refractivity (Wildman–Crippen MR) is 69.2 cm³/mol. The van der Waals surface area contributed by atoms with Crippen molar-refractivity contribution >= 4 is 28.6 Å². The lowest BCUT2D eigenvalue weighted by atomic mass is 10.2. The fraction of sp³-hybridized carbons (Fsp3) is 0.0833. The van der Waals surface area contributed by atoms with Gasteiger partial charge in [0.2, 0.25) is 11.8 Å². The van der Waals surface area contributed by atoms with Gasteiger partial charge in [-0.2, -0.15) is 0 Å². The molecule has 0 saturated carbocycles. The van der Waals surface area contributed by atoms with E-state index in [4.69, 9.17) is 21.8 Å². The molecule has 2 heterocycles. The van der Waals surface area contributed by atoms with Crippen LogP contribution in [0.25, 0.3) is 22.6 Å². The van der Waals surface area contributed by atoms with Crippen molar-refractivity contribution < 1.29 is 4.42 Å². The summed E-state index contributed by atoms with van der Waals surface area (Å²) in [5, 5.41) is 0.633. The highest BCUT2D eigenvalue weighted by molar-refractivity contribution is 6.31. The summed E-state index contributed by atoms with van der Waals surface area (Å²) in [5.74, 6) is 0.671. The summed E-state index contributed by atoms with van der Waals surface area (Å²) in [4.78, 5) is 12.2. The lowest BCUT2D eigenvalue weighted by Gasteiger charge is -1.94. The van der Waals surface area contributed by atoms with Gasteiger partial charge in [0.1, 0.15) is 5.52 Å². The van der Waals surface area contributed by atoms with Gasteiger partial charge in [-0.1, -0.05) is 11.6 Å². The van der Waals surface area contributed by atoms with E-state index in [1.807, 2.05) is 13.0 Å². The van der Waals surface area contributed by atoms with Crippen molar-refractivity contribution in [2.24, 2.45) is 0 Å². The third-order valence-corrected chi connectivity index (χ3v) is 2.78. The van der Waals surface area contributed by atoms with Crippen LogP contribution in [0.4, 0.5) is 5.95 Å². The van der Waals surface area contributed by atoms with Crippen LogP contribution < -0.4 is 5.73 Å². The summed E-state index contributed by atoms with van der Waals surface area (Å²) in [7, 11) is 0. The van der Waals surface area contributed by atoms with Gasteiger partial charge >= 0.3 is 0 Å². The molecule has 6 heteroatoms. The van der Waals surface area contributed by atoms with Crippen molar-refractivity contribution in [1.29, 1.82) is 0 Å². The number of fused-ring (bicyclic) bond motifs is 1. The number of nitrogens with two attached hydrogens (primary N) is 1. The topological polar surface area (TPSA) is 77.8 Å². The molecule has 0 spiro atoms. The van der Waals surface area contributed by atoms with E-state index < -0.39 is 0 Å². The fourth-order valence-electron chi connectivity index (χ4n) is 1.73. The quantitative estimate of drug-likeness (QED) is 0.728. The first kappa shape index (κ1) is 11.0. The first-order valence-electron chi connectivity index (χ1n) is 5.28. The molecule has 0 atom stereocenters. The van der Waals surface area contributed by atoms with Crippen LogP contribution >= 0.6 is 11.6 Å². The Morgan fingerprint density at radius 2 is 1.94 bits per heavy atom. The largest absolute Gasteiger partial charge is 0.436 e. The number of hydrogen-bond acceptors (Lipinski definition) is 5. The molecule has 2 aromatic heterocycles. The molecule has 18 heavy (non-hydrogen) atoms. The summed E-state index contributed by atoms with van der Waals surface area (Å²) >= 11 is 5.98. The van der Waals surface area contributed by atoms with Gasteiger partial charge in [-0.25, -0.2) is 15.0 Å². The highest BCUT2D eigenvalue weighted by Crippen LogP contribution is 2.28. The van der Waals surface area contributed by atoms with Crippen molar-refractivity contribution in [2.45, 2.75) is 6.92 Å². The van der Waals surface area contributed by atoms with Gasteiger partial charge in [-0.15, -0.1) is 0 Å². The molecule has 2 N–H and O–H groups in total. The minimum absolute atomic E-state index is 0.217. The molecule has 3 rings (SSSR count). The normalized spacial score (nSPS) is 11.0. The van der Waals surface area contributed by atoms with Crippen LogP contribution in [0.2, 0.25) is 5.02 Å². The number of benzene rings is 1. The average molecular weight is 261 g/mol. The van der Waals surface area contributed by atoms with Gasteiger partial charge < -0.3 is 10.2 Å². The maximum Gasteiger partial charge on any atom is 0.230 e. The Morgan fingerprint density at radius 3 is 2.67 bits per heavy atom. The van der Waals surface area contributed by atoms with E-state index in [0.717, 1.165) is 5.56 Å². The van der Waals surface area contributed by atoms with Gasteiger partial charge in [0.25, 0.3) is 0 Å². The lowest BCUT2D eigenvalue weighted by Crippen LogP contribution is -1.93. The lowest BCUT2D eigenvalue weighted by molar-refractivity contribution is 0.616. The summed E-state index contributed by atoms with van der Waals surface area (Å²) in [5.41, 5.74) is 8.48. The number of aromatic nitrogens is 3. The first-order valence-corrected chi connectivity index (χ1v) is 5.66. The standard InChI is InChI=1S/C12H9ClN4O/c1-6-2-8(13)3-9-10(6)18-11(17-9)7-4-15-12(14)16-5-7/h2-5H,1H3,(H2,14,15,16). The van der Waals surface area contributed by atoms with Crippen molar-refractivity contribution in [2.75, 3.05) is 5.73 Å². The second kappa shape index (κ2) is 3.96. The Morgan fingerprint density at radius 1 is 1.22 bits per heavy atom. The molecule has 0 fully saturated rings. The maximum absolute atomic E-state index is 5.98. The monoisotopic (exact) mass is 260 g/mol. The molecule has 3 aromatic rings. The second-order valence-corrected chi connectivity index (χ2v) is 4.36. The SMILES string of the molecule is Cc1cc(Cl)cc2nc(-c3cnc(N)nc3)oc12. The smallest absolute Gasteiger partial charge is 0.230 e. The van der Waals surface area contributed by atoms with Crippen LogP contribution in [-0.2, 0) is 0 Å². The molecule has 0 aliphatic rings. The first-order chi connectivity index (χ1) is 8.63. The molecular weight excluding hydrogens is 252 g/mol. The van der Waals surface area contributed by atoms with E-state index in [0.29, 0.717) is 27.6 Å². The van der Waals surface area contributed by atoms with Crippen LogP contribution in [-0.4, -0.2) is 15.0 Å². The molecule has 0 aliphatic heterocycles. The van der Waals surface area contributed by atoms with Gasteiger partial charge in [0.05, 0.1) is 5.56 Å². The fourth-order valence-corrected chi connectivity index (χ4v) is 2.00. The van der Waals surface area contributed by atoms with E-state index in [1.165, 1.54) is 0 Å². The zero-order valence-corrected chi connectivity index (χ0v) is 10.3. The number of halogens is 1. The highest BCUT2D eigenvalue weighted by Gasteiger charge is 2.11. The molecular formula is C12H9ClN4O. The molecule has 0 saturated heterocycles. The van der Waals surface area contributed by atoms with Crippen LogP contribution in [0.1, 0.15) is 5.56 Å². The maximum atomic E-state index is 5.98. The Kier molecular flexibility index (Phi) is 2.41. The van der Waals surface area contributed by atoms with Crippen molar-refractivity contribution in [1.82, 2.24) is 15.0 Å². The van der Waals surface area contributed by atoms with E-state index in [2.05, 4.69) is 15.0 Å². The number of aryl methyl sites for hydroxylation is 1. The number of oxazole rings is 1. The number of hydrogen-bond donors (Lipinski definition) is 1. The molecule has 0 unspecified atom stereocenters. The average Bonchev–Trinajstić information content (AvgIpc) is 2.74. The third-order valence-electron chi connectivity index (χ3n) is 2.56. The van der Waals surface area contributed by atoms with Gasteiger partial charge in [0, 0.05) is 17.4 Å². The molecule has 90 valence electrons. The summed E-state index contributed by atoms with van der Waals surface area (Å²) < 4.78 is 5.69. The second-order valence-electron chi connectivity index (χ2n) is 3.92. The zero-order chi connectivity index (χ0) is 12.7. The van der Waals surface area contributed by atoms with E-state index in [1.54, 1.807) is 18.5 Å². The Hall–Kier alpha value is -2.14. The number of nitrogens with zero attached hydrogens (tertiary/aromatic N) is 3. The van der Waals surface area contributed by atoms with Crippen LogP contribution in [0.15, 0.2) is 28.9 Å². The summed E-state index contributed by atoms with van der Waals surface area (Å²) in [6.45, 7) is 1.92. The van der Waals surface area contributed by atoms with Crippen LogP contribution in [0.5, 0.6) is 0 Å². The molecule has 0 bridgehead atoms. The minimum Gasteiger partial charge on any atom is -0.436 e. The number of rotatable bonds is 1. The Bertz CT molecular complexity index is 721. The van der Waals surface area contributed by atoms with Gasteiger partial charge in [-0.3, -0.25) is 0 Å². The van der Waals surface area contributed by atoms with Crippen LogP contribution in [0.3, 0.4) is 0 Å². The van der Waals surface area contributed by atoms with Gasteiger partial charge in [0.15, 0.2) is 5.58 Å². The predicted octanol–water partition coefficient (Wildman–Crippen LogP) is 2.83. The summed E-state index contributed by atoms with van der Waals surface area (Å²) in [6.07, 6.45) is 3.15. The molecule has 5 nitrogen and oxygen atoms in total. The third kappa shape index (κ3) is 1.78. The highest BCUT2D eigenvalue weighted by atomic mass is 35.5. The van der Waals surface area contributed by atoms with Gasteiger partial charge in [-0.05, 0) is 24.6 Å². The van der Waals surface area contributed by atoms with Crippen molar-refractivity contribution in [3.8, 4) is 11.5 Å². The molecule has 0 radical (unpaired) electrons. The number of nitrogen functional groups attached to an aromatic ring is 1. The van der Waals surface area contributed by atoms with Crippen LogP contribution in [0, 0.1) is 6.92 Å². The molecule has 1 aromatic carbocycles. The molecule has 0 aliphatic carbocycles. The summed E-state index contributed by atoms with van der Waals surface area (Å²) in [6, 6.07) is 3.59. The Labute approximate surface area is 108 Å². The van der Waals surface area contributed by atoms with Crippen molar-refractivity contribution in [3.63, 3.8) is 0 Å². The van der Waals surface area contributed by atoms with Crippen molar-refractivity contribution in [3.05, 3.63) is 35.1 Å².